The zero-order valence-electron chi connectivity index (χ0n) is 11.3. The molecule has 0 atom stereocenters. The molecule has 0 bridgehead atoms. The first kappa shape index (κ1) is 14.4. The monoisotopic (exact) mass is 256 g/mol. The van der Waals surface area contributed by atoms with Crippen molar-refractivity contribution in [3.05, 3.63) is 15.8 Å². The summed E-state index contributed by atoms with van der Waals surface area (Å²) in [5.74, 6) is 0.451. The molecule has 0 saturated heterocycles. The number of anilines is 1. The summed E-state index contributed by atoms with van der Waals surface area (Å²) in [5, 5.41) is 18.2. The summed E-state index contributed by atoms with van der Waals surface area (Å²) in [6.07, 6.45) is 0.152. The van der Waals surface area contributed by atoms with Crippen molar-refractivity contribution < 1.29 is 9.66 Å². The standard InChI is InChI=1S/C11H20N4O3/c1-5-14-11(12-6-7-18-8(2)3)10(15(16)17)9(4)13-14/h8,12H,5-7H2,1-4H3. The van der Waals surface area contributed by atoms with Crippen LogP contribution in [0.15, 0.2) is 0 Å². The minimum Gasteiger partial charge on any atom is -0.377 e. The highest BCUT2D eigenvalue weighted by Crippen LogP contribution is 2.27. The second-order valence-electron chi connectivity index (χ2n) is 4.20. The van der Waals surface area contributed by atoms with Gasteiger partial charge in [0.1, 0.15) is 5.69 Å². The highest BCUT2D eigenvalue weighted by Gasteiger charge is 2.24. The SMILES string of the molecule is CCn1nc(C)c([N+](=O)[O-])c1NCCOC(C)C. The van der Waals surface area contributed by atoms with Crippen LogP contribution in [0.25, 0.3) is 0 Å². The molecule has 18 heavy (non-hydrogen) atoms. The van der Waals surface area contributed by atoms with Crippen molar-refractivity contribution >= 4 is 11.5 Å². The Kier molecular flexibility index (Phi) is 5.08. The van der Waals surface area contributed by atoms with E-state index in [1.807, 2.05) is 20.8 Å². The average molecular weight is 256 g/mol. The molecule has 1 N–H and O–H groups in total. The molecule has 0 spiro atoms. The van der Waals surface area contributed by atoms with Gasteiger partial charge in [-0.05, 0) is 27.7 Å². The summed E-state index contributed by atoms with van der Waals surface area (Å²) in [6.45, 7) is 9.03. The molecule has 0 aliphatic carbocycles. The van der Waals surface area contributed by atoms with E-state index in [4.69, 9.17) is 4.74 Å². The van der Waals surface area contributed by atoms with Crippen LogP contribution >= 0.6 is 0 Å². The van der Waals surface area contributed by atoms with Gasteiger partial charge in [0.25, 0.3) is 0 Å². The summed E-state index contributed by atoms with van der Waals surface area (Å²) in [7, 11) is 0. The molecule has 0 radical (unpaired) electrons. The average Bonchev–Trinajstić information content (AvgIpc) is 2.60. The Morgan fingerprint density at radius 3 is 2.72 bits per heavy atom. The van der Waals surface area contributed by atoms with Gasteiger partial charge in [-0.3, -0.25) is 10.1 Å². The van der Waals surface area contributed by atoms with Crippen molar-refractivity contribution in [1.29, 1.82) is 0 Å². The topological polar surface area (TPSA) is 82.2 Å². The maximum Gasteiger partial charge on any atom is 0.333 e. The lowest BCUT2D eigenvalue weighted by Gasteiger charge is -2.10. The highest BCUT2D eigenvalue weighted by atomic mass is 16.6. The van der Waals surface area contributed by atoms with Crippen LogP contribution in [0.3, 0.4) is 0 Å². The lowest BCUT2D eigenvalue weighted by molar-refractivity contribution is -0.384. The van der Waals surface area contributed by atoms with E-state index in [2.05, 4.69) is 10.4 Å². The molecule has 0 aliphatic rings. The predicted octanol–water partition coefficient (Wildman–Crippen LogP) is 1.96. The molecule has 1 heterocycles. The third-order valence-electron chi connectivity index (χ3n) is 2.42. The molecule has 0 aliphatic heterocycles. The molecule has 1 rings (SSSR count). The molecule has 0 saturated carbocycles. The lowest BCUT2D eigenvalue weighted by Crippen LogP contribution is -2.16. The smallest absolute Gasteiger partial charge is 0.333 e. The van der Waals surface area contributed by atoms with Crippen molar-refractivity contribution in [2.75, 3.05) is 18.5 Å². The summed E-state index contributed by atoms with van der Waals surface area (Å²) >= 11 is 0. The van der Waals surface area contributed by atoms with Crippen molar-refractivity contribution in [2.24, 2.45) is 0 Å². The van der Waals surface area contributed by atoms with Gasteiger partial charge in [-0.2, -0.15) is 5.10 Å². The van der Waals surface area contributed by atoms with Crippen LogP contribution in [0.2, 0.25) is 0 Å². The molecule has 7 heteroatoms. The van der Waals surface area contributed by atoms with Gasteiger partial charge in [-0.25, -0.2) is 4.68 Å². The van der Waals surface area contributed by atoms with Gasteiger partial charge in [0.05, 0.1) is 17.6 Å². The molecule has 0 aromatic carbocycles. The minimum atomic E-state index is -0.403. The number of ether oxygens (including phenoxy) is 1. The van der Waals surface area contributed by atoms with Crippen LogP contribution < -0.4 is 5.32 Å². The van der Waals surface area contributed by atoms with Crippen LogP contribution in [-0.4, -0.2) is 34.0 Å². The molecule has 0 amide bonds. The number of nitrogens with zero attached hydrogens (tertiary/aromatic N) is 3. The van der Waals surface area contributed by atoms with Crippen molar-refractivity contribution in [3.63, 3.8) is 0 Å². The first-order chi connectivity index (χ1) is 8.47. The zero-order chi connectivity index (χ0) is 13.7. The molecule has 0 unspecified atom stereocenters. The molecular weight excluding hydrogens is 236 g/mol. The van der Waals surface area contributed by atoms with E-state index in [-0.39, 0.29) is 11.8 Å². The number of nitro groups is 1. The Labute approximate surface area is 106 Å². The van der Waals surface area contributed by atoms with Crippen LogP contribution in [-0.2, 0) is 11.3 Å². The number of nitrogens with one attached hydrogen (secondary N) is 1. The van der Waals surface area contributed by atoms with E-state index in [0.29, 0.717) is 31.2 Å². The van der Waals surface area contributed by atoms with E-state index in [1.54, 1.807) is 11.6 Å². The molecule has 1 aromatic heterocycles. The molecular formula is C11H20N4O3. The Morgan fingerprint density at radius 1 is 1.56 bits per heavy atom. The predicted molar refractivity (Wildman–Crippen MR) is 68.9 cm³/mol. The third kappa shape index (κ3) is 3.43. The Hall–Kier alpha value is -1.63. The summed E-state index contributed by atoms with van der Waals surface area (Å²) in [5.41, 5.74) is 0.468. The number of rotatable bonds is 7. The second-order valence-corrected chi connectivity index (χ2v) is 4.20. The van der Waals surface area contributed by atoms with E-state index in [1.165, 1.54) is 0 Å². The van der Waals surface area contributed by atoms with Gasteiger partial charge < -0.3 is 10.1 Å². The van der Waals surface area contributed by atoms with Crippen molar-refractivity contribution in [1.82, 2.24) is 9.78 Å². The minimum absolute atomic E-state index is 0.0430. The van der Waals surface area contributed by atoms with Gasteiger partial charge in [-0.1, -0.05) is 0 Å². The second kappa shape index (κ2) is 6.34. The third-order valence-corrected chi connectivity index (χ3v) is 2.42. The van der Waals surface area contributed by atoms with Gasteiger partial charge in [0, 0.05) is 13.1 Å². The Balaban J connectivity index is 2.76. The quantitative estimate of drug-likeness (QED) is 0.458. The number of hydrogen-bond donors (Lipinski definition) is 1. The fourth-order valence-corrected chi connectivity index (χ4v) is 1.66. The zero-order valence-corrected chi connectivity index (χ0v) is 11.3. The largest absolute Gasteiger partial charge is 0.377 e. The van der Waals surface area contributed by atoms with E-state index < -0.39 is 4.92 Å². The first-order valence-corrected chi connectivity index (χ1v) is 6.04. The van der Waals surface area contributed by atoms with Crippen molar-refractivity contribution in [2.45, 2.75) is 40.3 Å². The van der Waals surface area contributed by atoms with Crippen LogP contribution in [0.1, 0.15) is 26.5 Å². The first-order valence-electron chi connectivity index (χ1n) is 6.04. The van der Waals surface area contributed by atoms with Gasteiger partial charge in [-0.15, -0.1) is 0 Å². The van der Waals surface area contributed by atoms with Crippen molar-refractivity contribution in [3.8, 4) is 0 Å². The molecule has 7 nitrogen and oxygen atoms in total. The van der Waals surface area contributed by atoms with Gasteiger partial charge in [0.15, 0.2) is 0 Å². The van der Waals surface area contributed by atoms with E-state index in [0.717, 1.165) is 0 Å². The molecule has 0 fully saturated rings. The Bertz CT molecular complexity index is 415. The molecule has 1 aromatic rings. The van der Waals surface area contributed by atoms with Gasteiger partial charge >= 0.3 is 5.69 Å². The highest BCUT2D eigenvalue weighted by molar-refractivity contribution is 5.59. The fourth-order valence-electron chi connectivity index (χ4n) is 1.66. The molecule has 102 valence electrons. The maximum absolute atomic E-state index is 11.0. The summed E-state index contributed by atoms with van der Waals surface area (Å²) in [6, 6.07) is 0. The van der Waals surface area contributed by atoms with E-state index in [9.17, 15) is 10.1 Å². The van der Waals surface area contributed by atoms with Crippen LogP contribution in [0.4, 0.5) is 11.5 Å². The summed E-state index contributed by atoms with van der Waals surface area (Å²) < 4.78 is 6.98. The fraction of sp³-hybridized carbons (Fsp3) is 0.727. The lowest BCUT2D eigenvalue weighted by atomic mass is 10.4. The maximum atomic E-state index is 11.0. The summed E-state index contributed by atoms with van der Waals surface area (Å²) in [4.78, 5) is 10.6. The van der Waals surface area contributed by atoms with E-state index >= 15 is 0 Å². The van der Waals surface area contributed by atoms with Gasteiger partial charge in [0.2, 0.25) is 5.82 Å². The van der Waals surface area contributed by atoms with Crippen LogP contribution in [0.5, 0.6) is 0 Å². The Morgan fingerprint density at radius 2 is 2.22 bits per heavy atom. The normalized spacial score (nSPS) is 10.9. The van der Waals surface area contributed by atoms with Crippen LogP contribution in [0, 0.1) is 17.0 Å². The number of hydrogen-bond acceptors (Lipinski definition) is 5. The number of aryl methyl sites for hydroxylation is 2. The number of aromatic nitrogens is 2.